The molecular formula is C7H18N2S2. The van der Waals surface area contributed by atoms with Gasteiger partial charge in [0.15, 0.2) is 0 Å². The molecular weight excluding hydrogens is 176 g/mol. The number of hydrogen-bond donors (Lipinski definition) is 3. The first-order valence-corrected chi connectivity index (χ1v) is 6.12. The van der Waals surface area contributed by atoms with Crippen molar-refractivity contribution in [3.8, 4) is 0 Å². The van der Waals surface area contributed by atoms with E-state index in [1.54, 1.807) is 10.8 Å². The van der Waals surface area contributed by atoms with Crippen molar-refractivity contribution in [1.29, 1.82) is 0 Å². The maximum atomic E-state index is 5.34. The first-order valence-electron chi connectivity index (χ1n) is 4.09. The van der Waals surface area contributed by atoms with Crippen LogP contribution in [0, 0.1) is 0 Å². The van der Waals surface area contributed by atoms with E-state index in [2.05, 4.69) is 17.0 Å². The third-order valence-corrected chi connectivity index (χ3v) is 2.42. The first-order chi connectivity index (χ1) is 5.41. The summed E-state index contributed by atoms with van der Waals surface area (Å²) in [5.74, 6) is 1.15. The van der Waals surface area contributed by atoms with E-state index in [-0.39, 0.29) is 0 Å². The van der Waals surface area contributed by atoms with E-state index in [4.69, 9.17) is 5.73 Å². The Morgan fingerprint density at radius 1 is 1.18 bits per heavy atom. The molecule has 0 saturated heterocycles. The second-order valence-corrected chi connectivity index (χ2v) is 3.87. The van der Waals surface area contributed by atoms with Crippen molar-refractivity contribution in [2.45, 2.75) is 19.3 Å². The molecule has 0 radical (unpaired) electrons. The topological polar surface area (TPSA) is 38.0 Å². The van der Waals surface area contributed by atoms with Crippen LogP contribution < -0.4 is 11.1 Å². The quantitative estimate of drug-likeness (QED) is 0.310. The van der Waals surface area contributed by atoms with Crippen molar-refractivity contribution >= 4 is 22.5 Å². The van der Waals surface area contributed by atoms with Gasteiger partial charge in [0.1, 0.15) is 0 Å². The predicted octanol–water partition coefficient (Wildman–Crippen LogP) is 1.28. The normalized spacial score (nSPS) is 10.4. The highest BCUT2D eigenvalue weighted by molar-refractivity contribution is 8.68. The Bertz CT molecular complexity index is 63.5. The lowest BCUT2D eigenvalue weighted by molar-refractivity contribution is 0.623. The summed E-state index contributed by atoms with van der Waals surface area (Å²) < 4.78 is 0. The minimum Gasteiger partial charge on any atom is -0.330 e. The van der Waals surface area contributed by atoms with Gasteiger partial charge in [-0.05, 0) is 38.9 Å². The fourth-order valence-electron chi connectivity index (χ4n) is 0.769. The number of unbranched alkanes of at least 4 members (excludes halogenated alkanes) is 1. The first kappa shape index (κ1) is 11.6. The Hall–Kier alpha value is 0.620. The lowest BCUT2D eigenvalue weighted by Gasteiger charge is -2.01. The van der Waals surface area contributed by atoms with Crippen molar-refractivity contribution in [3.63, 3.8) is 0 Å². The molecule has 0 atom stereocenters. The Labute approximate surface area is 78.5 Å². The van der Waals surface area contributed by atoms with Crippen LogP contribution in [-0.4, -0.2) is 25.4 Å². The summed E-state index contributed by atoms with van der Waals surface area (Å²) in [5.41, 5.74) is 5.34. The molecule has 4 heteroatoms. The second kappa shape index (κ2) is 10.6. The molecule has 0 aromatic carbocycles. The third-order valence-electron chi connectivity index (χ3n) is 1.40. The lowest BCUT2D eigenvalue weighted by Crippen LogP contribution is -2.19. The highest BCUT2D eigenvalue weighted by atomic mass is 33.1. The summed E-state index contributed by atoms with van der Waals surface area (Å²) in [4.78, 5) is 0. The molecule has 0 unspecified atom stereocenters. The molecule has 11 heavy (non-hydrogen) atoms. The van der Waals surface area contributed by atoms with Crippen LogP contribution in [0.25, 0.3) is 0 Å². The second-order valence-electron chi connectivity index (χ2n) is 2.43. The van der Waals surface area contributed by atoms with Crippen molar-refractivity contribution in [2.75, 3.05) is 25.4 Å². The summed E-state index contributed by atoms with van der Waals surface area (Å²) in [6, 6.07) is 0. The molecule has 3 N–H and O–H groups in total. The summed E-state index contributed by atoms with van der Waals surface area (Å²) in [6.45, 7) is 2.97. The minimum absolute atomic E-state index is 0.791. The summed E-state index contributed by atoms with van der Waals surface area (Å²) in [7, 11) is 1.62. The zero-order valence-corrected chi connectivity index (χ0v) is 8.59. The van der Waals surface area contributed by atoms with Gasteiger partial charge in [-0.15, -0.1) is 11.7 Å². The molecule has 68 valence electrons. The Kier molecular flexibility index (Phi) is 11.2. The molecule has 0 aliphatic rings. The molecule has 0 fully saturated rings. The zero-order valence-electron chi connectivity index (χ0n) is 6.88. The summed E-state index contributed by atoms with van der Waals surface area (Å²) in [5, 5.41) is 3.33. The minimum atomic E-state index is 0.791. The van der Waals surface area contributed by atoms with Gasteiger partial charge in [-0.25, -0.2) is 0 Å². The smallest absolute Gasteiger partial charge is 0.00349 e. The van der Waals surface area contributed by atoms with E-state index >= 15 is 0 Å². The highest BCUT2D eigenvalue weighted by Gasteiger charge is 1.87. The van der Waals surface area contributed by atoms with Gasteiger partial charge in [0.25, 0.3) is 0 Å². The Morgan fingerprint density at radius 2 is 1.91 bits per heavy atom. The van der Waals surface area contributed by atoms with Gasteiger partial charge >= 0.3 is 0 Å². The Morgan fingerprint density at radius 3 is 2.55 bits per heavy atom. The highest BCUT2D eigenvalue weighted by Crippen LogP contribution is 2.06. The predicted molar refractivity (Wildman–Crippen MR) is 57.2 cm³/mol. The van der Waals surface area contributed by atoms with Crippen molar-refractivity contribution in [2.24, 2.45) is 5.73 Å². The fourth-order valence-corrected chi connectivity index (χ4v) is 1.49. The van der Waals surface area contributed by atoms with Gasteiger partial charge in [0.2, 0.25) is 0 Å². The van der Waals surface area contributed by atoms with Crippen molar-refractivity contribution in [3.05, 3.63) is 0 Å². The molecule has 0 heterocycles. The monoisotopic (exact) mass is 194 g/mol. The number of nitrogens with two attached hydrogens (primary N) is 1. The molecule has 0 saturated carbocycles. The average Bonchev–Trinajstić information content (AvgIpc) is 2.03. The average molecular weight is 194 g/mol. The molecule has 0 aliphatic carbocycles. The van der Waals surface area contributed by atoms with Gasteiger partial charge in [0, 0.05) is 5.75 Å². The van der Waals surface area contributed by atoms with Gasteiger partial charge in [-0.1, -0.05) is 10.8 Å². The van der Waals surface area contributed by atoms with E-state index in [1.807, 2.05) is 0 Å². The molecule has 2 nitrogen and oxygen atoms in total. The van der Waals surface area contributed by atoms with E-state index in [9.17, 15) is 0 Å². The molecule has 0 rings (SSSR count). The zero-order chi connectivity index (χ0) is 8.36. The maximum Gasteiger partial charge on any atom is 0.00349 e. The summed E-state index contributed by atoms with van der Waals surface area (Å²) >= 11 is 4.06. The molecule has 0 aromatic rings. The van der Waals surface area contributed by atoms with Crippen LogP contribution in [0.15, 0.2) is 0 Å². The summed E-state index contributed by atoms with van der Waals surface area (Å²) in [6.07, 6.45) is 3.59. The van der Waals surface area contributed by atoms with Gasteiger partial charge in [-0.3, -0.25) is 0 Å². The van der Waals surface area contributed by atoms with Crippen LogP contribution >= 0.6 is 22.5 Å². The molecule has 0 aliphatic heterocycles. The lowest BCUT2D eigenvalue weighted by atomic mass is 10.3. The number of rotatable bonds is 8. The van der Waals surface area contributed by atoms with E-state index in [1.165, 1.54) is 12.8 Å². The van der Waals surface area contributed by atoms with Crippen LogP contribution in [0.2, 0.25) is 0 Å². The molecule has 0 spiro atoms. The number of hydrogen-bond acceptors (Lipinski definition) is 4. The van der Waals surface area contributed by atoms with Crippen LogP contribution in [0.5, 0.6) is 0 Å². The maximum absolute atomic E-state index is 5.34. The largest absolute Gasteiger partial charge is 0.330 e. The molecule has 0 aromatic heterocycles. The standard InChI is InChI=1S/C7H18N2S2/c8-4-3-6-9-5-1-2-7-11-10/h9-10H,1-8H2. The SMILES string of the molecule is NCCCNCCCCSS. The van der Waals surface area contributed by atoms with Crippen LogP contribution in [-0.2, 0) is 0 Å². The van der Waals surface area contributed by atoms with Crippen molar-refractivity contribution in [1.82, 2.24) is 5.32 Å². The molecule has 0 bridgehead atoms. The fraction of sp³-hybridized carbons (Fsp3) is 1.00. The van der Waals surface area contributed by atoms with Gasteiger partial charge in [-0.2, -0.15) is 0 Å². The van der Waals surface area contributed by atoms with E-state index < -0.39 is 0 Å². The third kappa shape index (κ3) is 10.6. The van der Waals surface area contributed by atoms with E-state index in [0.717, 1.165) is 31.8 Å². The molecule has 0 amide bonds. The number of thiol groups is 1. The van der Waals surface area contributed by atoms with Crippen LogP contribution in [0.4, 0.5) is 0 Å². The van der Waals surface area contributed by atoms with E-state index in [0.29, 0.717) is 0 Å². The van der Waals surface area contributed by atoms with Gasteiger partial charge < -0.3 is 11.1 Å². The number of nitrogens with one attached hydrogen (secondary N) is 1. The van der Waals surface area contributed by atoms with Crippen molar-refractivity contribution < 1.29 is 0 Å². The van der Waals surface area contributed by atoms with Crippen LogP contribution in [0.1, 0.15) is 19.3 Å². The van der Waals surface area contributed by atoms with Gasteiger partial charge in [0.05, 0.1) is 0 Å². The van der Waals surface area contributed by atoms with Crippen LogP contribution in [0.3, 0.4) is 0 Å². The Balaban J connectivity index is 2.69.